The van der Waals surface area contributed by atoms with Gasteiger partial charge in [-0.25, -0.2) is 4.68 Å². The van der Waals surface area contributed by atoms with Crippen LogP contribution in [0.15, 0.2) is 60.8 Å². The standard InChI is InChI=1S/C21H24Cl2N4O/c1-26(15-16-6-3-2-4-7-16)20(24)8-5-13-28-21-11-12-27(25-21)17-9-10-18(22)19(23)14-17/h2-4,6-7,9-12,14,20H,5,8,13,15,24H2,1H3. The molecule has 5 nitrogen and oxygen atoms in total. The van der Waals surface area contributed by atoms with Crippen molar-refractivity contribution in [2.75, 3.05) is 13.7 Å². The lowest BCUT2D eigenvalue weighted by Gasteiger charge is -2.24. The third-order valence-corrected chi connectivity index (χ3v) is 5.21. The van der Waals surface area contributed by atoms with E-state index in [1.165, 1.54) is 5.56 Å². The van der Waals surface area contributed by atoms with Gasteiger partial charge in [-0.15, -0.1) is 5.10 Å². The Hall–Kier alpha value is -2.05. The molecule has 2 N–H and O–H groups in total. The van der Waals surface area contributed by atoms with Crippen LogP contribution in [0.2, 0.25) is 10.0 Å². The van der Waals surface area contributed by atoms with Crippen LogP contribution >= 0.6 is 23.2 Å². The van der Waals surface area contributed by atoms with E-state index in [1.807, 2.05) is 43.6 Å². The molecule has 3 aromatic rings. The maximum absolute atomic E-state index is 6.28. The van der Waals surface area contributed by atoms with Gasteiger partial charge in [0, 0.05) is 18.8 Å². The zero-order chi connectivity index (χ0) is 19.9. The maximum atomic E-state index is 6.28. The molecule has 0 saturated carbocycles. The molecular weight excluding hydrogens is 395 g/mol. The molecule has 0 saturated heterocycles. The number of benzene rings is 2. The summed E-state index contributed by atoms with van der Waals surface area (Å²) in [6.45, 7) is 1.39. The van der Waals surface area contributed by atoms with Crippen molar-refractivity contribution in [1.82, 2.24) is 14.7 Å². The Balaban J connectivity index is 1.43. The Morgan fingerprint density at radius 3 is 2.64 bits per heavy atom. The van der Waals surface area contributed by atoms with Gasteiger partial charge >= 0.3 is 0 Å². The molecule has 148 valence electrons. The van der Waals surface area contributed by atoms with E-state index in [0.717, 1.165) is 25.1 Å². The predicted octanol–water partition coefficient (Wildman–Crippen LogP) is 4.75. The van der Waals surface area contributed by atoms with Crippen LogP contribution in [0.1, 0.15) is 18.4 Å². The first-order valence-electron chi connectivity index (χ1n) is 9.16. The third-order valence-electron chi connectivity index (χ3n) is 4.47. The van der Waals surface area contributed by atoms with Crippen LogP contribution in [-0.2, 0) is 6.54 Å². The fourth-order valence-electron chi connectivity index (χ4n) is 2.83. The van der Waals surface area contributed by atoms with Crippen molar-refractivity contribution >= 4 is 23.2 Å². The summed E-state index contributed by atoms with van der Waals surface area (Å²) in [6.07, 6.45) is 3.50. The summed E-state index contributed by atoms with van der Waals surface area (Å²) in [5.74, 6) is 0.567. The van der Waals surface area contributed by atoms with Crippen molar-refractivity contribution in [3.8, 4) is 11.6 Å². The van der Waals surface area contributed by atoms with Gasteiger partial charge in [-0.05, 0) is 43.7 Å². The van der Waals surface area contributed by atoms with Crippen LogP contribution < -0.4 is 10.5 Å². The first kappa shape index (κ1) is 20.7. The fourth-order valence-corrected chi connectivity index (χ4v) is 3.13. The number of nitrogens with zero attached hydrogens (tertiary/aromatic N) is 3. The summed E-state index contributed by atoms with van der Waals surface area (Å²) in [4.78, 5) is 2.15. The second kappa shape index (κ2) is 9.94. The van der Waals surface area contributed by atoms with E-state index in [4.69, 9.17) is 33.7 Å². The van der Waals surface area contributed by atoms with Crippen molar-refractivity contribution in [1.29, 1.82) is 0 Å². The van der Waals surface area contributed by atoms with E-state index in [-0.39, 0.29) is 6.17 Å². The number of rotatable bonds is 9. The topological polar surface area (TPSA) is 56.3 Å². The number of hydrogen-bond acceptors (Lipinski definition) is 4. The summed E-state index contributed by atoms with van der Waals surface area (Å²) >= 11 is 12.0. The summed E-state index contributed by atoms with van der Waals surface area (Å²) in [5.41, 5.74) is 8.36. The van der Waals surface area contributed by atoms with Gasteiger partial charge in [-0.1, -0.05) is 53.5 Å². The van der Waals surface area contributed by atoms with Gasteiger partial charge in [0.25, 0.3) is 0 Å². The summed E-state index contributed by atoms with van der Waals surface area (Å²) in [5, 5.41) is 5.42. The number of nitrogens with two attached hydrogens (primary N) is 1. The average molecular weight is 419 g/mol. The number of ether oxygens (including phenoxy) is 1. The number of halogens is 2. The first-order chi connectivity index (χ1) is 13.5. The molecule has 0 amide bonds. The molecule has 2 aromatic carbocycles. The molecule has 0 radical (unpaired) electrons. The summed E-state index contributed by atoms with van der Waals surface area (Å²) in [6, 6.07) is 17.5. The van der Waals surface area contributed by atoms with Gasteiger partial charge in [-0.2, -0.15) is 0 Å². The van der Waals surface area contributed by atoms with Gasteiger partial charge in [0.2, 0.25) is 5.88 Å². The highest BCUT2D eigenvalue weighted by atomic mass is 35.5. The molecule has 0 aliphatic heterocycles. The van der Waals surface area contributed by atoms with E-state index >= 15 is 0 Å². The van der Waals surface area contributed by atoms with Crippen molar-refractivity contribution < 1.29 is 4.74 Å². The van der Waals surface area contributed by atoms with Gasteiger partial charge in [0.15, 0.2) is 0 Å². The fraction of sp³-hybridized carbons (Fsp3) is 0.286. The van der Waals surface area contributed by atoms with Crippen LogP contribution in [0.3, 0.4) is 0 Å². The lowest BCUT2D eigenvalue weighted by Crippen LogP contribution is -2.38. The molecule has 0 aliphatic carbocycles. The minimum absolute atomic E-state index is 0.0161. The largest absolute Gasteiger partial charge is 0.477 e. The Morgan fingerprint density at radius 1 is 1.11 bits per heavy atom. The normalized spacial score (nSPS) is 12.3. The van der Waals surface area contributed by atoms with E-state index in [9.17, 15) is 0 Å². The molecule has 1 heterocycles. The van der Waals surface area contributed by atoms with Crippen LogP contribution in [0, 0.1) is 0 Å². The Labute approximate surface area is 175 Å². The second-order valence-electron chi connectivity index (χ2n) is 6.66. The highest BCUT2D eigenvalue weighted by molar-refractivity contribution is 6.42. The van der Waals surface area contributed by atoms with Crippen molar-refractivity contribution in [3.63, 3.8) is 0 Å². The van der Waals surface area contributed by atoms with Gasteiger partial charge in [0.1, 0.15) is 0 Å². The zero-order valence-corrected chi connectivity index (χ0v) is 17.3. The molecule has 0 bridgehead atoms. The van der Waals surface area contributed by atoms with Gasteiger partial charge < -0.3 is 10.5 Å². The zero-order valence-electron chi connectivity index (χ0n) is 15.8. The number of hydrogen-bond donors (Lipinski definition) is 1. The van der Waals surface area contributed by atoms with Crippen LogP contribution in [-0.4, -0.2) is 34.5 Å². The number of aromatic nitrogens is 2. The van der Waals surface area contributed by atoms with Gasteiger partial charge in [-0.3, -0.25) is 4.90 Å². The Kier molecular flexibility index (Phi) is 7.34. The van der Waals surface area contributed by atoms with Crippen molar-refractivity contribution in [2.45, 2.75) is 25.6 Å². The van der Waals surface area contributed by atoms with Crippen LogP contribution in [0.5, 0.6) is 5.88 Å². The van der Waals surface area contributed by atoms with E-state index in [1.54, 1.807) is 16.8 Å². The molecule has 0 aliphatic rings. The molecule has 3 rings (SSSR count). The minimum atomic E-state index is -0.0161. The van der Waals surface area contributed by atoms with E-state index in [2.05, 4.69) is 22.1 Å². The van der Waals surface area contributed by atoms with Crippen LogP contribution in [0.4, 0.5) is 0 Å². The van der Waals surface area contributed by atoms with E-state index < -0.39 is 0 Å². The molecule has 0 fully saturated rings. The Morgan fingerprint density at radius 2 is 1.89 bits per heavy atom. The van der Waals surface area contributed by atoms with Crippen molar-refractivity contribution in [3.05, 3.63) is 76.4 Å². The Bertz CT molecular complexity index is 885. The average Bonchev–Trinajstić information content (AvgIpc) is 3.17. The highest BCUT2D eigenvalue weighted by Gasteiger charge is 2.10. The lowest BCUT2D eigenvalue weighted by molar-refractivity contribution is 0.207. The quantitative estimate of drug-likeness (QED) is 0.402. The lowest BCUT2D eigenvalue weighted by atomic mass is 10.2. The summed E-state index contributed by atoms with van der Waals surface area (Å²) in [7, 11) is 2.04. The predicted molar refractivity (Wildman–Crippen MR) is 114 cm³/mol. The van der Waals surface area contributed by atoms with E-state index in [0.29, 0.717) is 22.5 Å². The molecule has 28 heavy (non-hydrogen) atoms. The smallest absolute Gasteiger partial charge is 0.233 e. The molecule has 1 unspecified atom stereocenters. The second-order valence-corrected chi connectivity index (χ2v) is 7.47. The monoisotopic (exact) mass is 418 g/mol. The molecule has 1 atom stereocenters. The maximum Gasteiger partial charge on any atom is 0.233 e. The molecule has 1 aromatic heterocycles. The van der Waals surface area contributed by atoms with Crippen LogP contribution in [0.25, 0.3) is 5.69 Å². The molecule has 7 heteroatoms. The van der Waals surface area contributed by atoms with Gasteiger partial charge in [0.05, 0.1) is 28.5 Å². The van der Waals surface area contributed by atoms with Crippen molar-refractivity contribution in [2.24, 2.45) is 5.73 Å². The first-order valence-corrected chi connectivity index (χ1v) is 9.92. The molecular formula is C21H24Cl2N4O. The summed E-state index contributed by atoms with van der Waals surface area (Å²) < 4.78 is 7.45. The minimum Gasteiger partial charge on any atom is -0.477 e. The third kappa shape index (κ3) is 5.72. The SMILES string of the molecule is CN(Cc1ccccc1)C(N)CCCOc1ccn(-c2ccc(Cl)c(Cl)c2)n1. The highest BCUT2D eigenvalue weighted by Crippen LogP contribution is 2.24. The molecule has 0 spiro atoms.